The van der Waals surface area contributed by atoms with Gasteiger partial charge in [-0.1, -0.05) is 0 Å². The number of alkyl halides is 1. The van der Waals surface area contributed by atoms with Gasteiger partial charge in [0.2, 0.25) is 0 Å². The normalized spacial score (nSPS) is 21.2. The van der Waals surface area contributed by atoms with E-state index in [1.165, 1.54) is 0 Å². The van der Waals surface area contributed by atoms with E-state index in [1.807, 2.05) is 5.01 Å². The van der Waals surface area contributed by atoms with Gasteiger partial charge in [-0.2, -0.15) is 0 Å². The molecule has 0 spiro atoms. The summed E-state index contributed by atoms with van der Waals surface area (Å²) < 4.78 is 11.7. The largest absolute Gasteiger partial charge is 0.330 e. The third-order valence-corrected chi connectivity index (χ3v) is 1.90. The number of nitrogens with one attached hydrogen (secondary N) is 1. The van der Waals surface area contributed by atoms with Crippen LogP contribution in [-0.4, -0.2) is 31.4 Å². The Morgan fingerprint density at radius 3 is 2.38 bits per heavy atom. The highest BCUT2D eigenvalue weighted by Crippen LogP contribution is 2.11. The average molecular weight is 257 g/mol. The van der Waals surface area contributed by atoms with E-state index in [0.29, 0.717) is 12.5 Å². The molecule has 3 N–H and O–H groups in total. The van der Waals surface area contributed by atoms with Crippen molar-refractivity contribution in [2.75, 3.05) is 26.4 Å². The van der Waals surface area contributed by atoms with E-state index in [-0.39, 0.29) is 37.2 Å². The molecule has 0 bridgehead atoms. The van der Waals surface area contributed by atoms with Gasteiger partial charge in [0.05, 0.1) is 0 Å². The van der Waals surface area contributed by atoms with Crippen molar-refractivity contribution in [1.29, 1.82) is 0 Å². The van der Waals surface area contributed by atoms with E-state index in [4.69, 9.17) is 5.73 Å². The molecule has 7 heteroatoms. The van der Waals surface area contributed by atoms with Gasteiger partial charge in [0.25, 0.3) is 0 Å². The van der Waals surface area contributed by atoms with Crippen molar-refractivity contribution < 1.29 is 4.39 Å². The van der Waals surface area contributed by atoms with Crippen LogP contribution in [0, 0.1) is 5.92 Å². The Balaban J connectivity index is -0.000000333. The summed E-state index contributed by atoms with van der Waals surface area (Å²) in [7, 11) is 0. The summed E-state index contributed by atoms with van der Waals surface area (Å²) in [6.45, 7) is 2.05. The molecule has 1 unspecified atom stereocenters. The molecule has 3 nitrogen and oxygen atoms in total. The van der Waals surface area contributed by atoms with Gasteiger partial charge >= 0.3 is 0 Å². The fourth-order valence-corrected chi connectivity index (χ4v) is 1.25. The molecule has 84 valence electrons. The molecular formula is C6H17Cl3FN3. The molecule has 0 saturated carbocycles. The number of hydrogen-bond donors (Lipinski definition) is 2. The lowest BCUT2D eigenvalue weighted by Crippen LogP contribution is -2.35. The van der Waals surface area contributed by atoms with E-state index in [1.54, 1.807) is 0 Å². The Kier molecular flexibility index (Phi) is 16.0. The van der Waals surface area contributed by atoms with Crippen molar-refractivity contribution in [2.45, 2.75) is 6.42 Å². The lowest BCUT2D eigenvalue weighted by atomic mass is 10.1. The van der Waals surface area contributed by atoms with Crippen molar-refractivity contribution in [3.8, 4) is 0 Å². The monoisotopic (exact) mass is 255 g/mol. The zero-order valence-corrected chi connectivity index (χ0v) is 9.69. The van der Waals surface area contributed by atoms with E-state index >= 15 is 0 Å². The van der Waals surface area contributed by atoms with Crippen LogP contribution in [-0.2, 0) is 0 Å². The predicted molar refractivity (Wildman–Crippen MR) is 59.6 cm³/mol. The van der Waals surface area contributed by atoms with Crippen LogP contribution in [0.2, 0.25) is 0 Å². The predicted octanol–water partition coefficient (Wildman–Crippen LogP) is 0.964. The highest BCUT2D eigenvalue weighted by molar-refractivity contribution is 5.86. The summed E-state index contributed by atoms with van der Waals surface area (Å²) in [6, 6.07) is 0. The summed E-state index contributed by atoms with van der Waals surface area (Å²) in [5.41, 5.74) is 8.06. The Hall–Kier alpha value is 0.680. The van der Waals surface area contributed by atoms with Gasteiger partial charge < -0.3 is 5.73 Å². The van der Waals surface area contributed by atoms with Gasteiger partial charge in [-0.15, -0.1) is 37.2 Å². The highest BCUT2D eigenvalue weighted by Gasteiger charge is 2.19. The number of rotatable bonds is 3. The van der Waals surface area contributed by atoms with Gasteiger partial charge in [-0.3, -0.25) is 0 Å². The number of hydrogen-bond acceptors (Lipinski definition) is 3. The first-order valence-electron chi connectivity index (χ1n) is 3.61. The maximum Gasteiger partial charge on any atom is 0.152 e. The smallest absolute Gasteiger partial charge is 0.152 e. The molecular weight excluding hydrogens is 239 g/mol. The minimum absolute atomic E-state index is 0. The third kappa shape index (κ3) is 6.71. The Labute approximate surface area is 96.8 Å². The SMILES string of the molecule is Cl.Cl.Cl.NCC1CCN(NCF)C1. The molecule has 0 aromatic rings. The van der Waals surface area contributed by atoms with Crippen LogP contribution >= 0.6 is 37.2 Å². The fraction of sp³-hybridized carbons (Fsp3) is 1.00. The molecule has 0 aliphatic carbocycles. The Morgan fingerprint density at radius 2 is 2.00 bits per heavy atom. The summed E-state index contributed by atoms with van der Waals surface area (Å²) in [4.78, 5) is 0. The average Bonchev–Trinajstić information content (AvgIpc) is 2.37. The van der Waals surface area contributed by atoms with Gasteiger partial charge in [-0.25, -0.2) is 14.8 Å². The number of nitrogens with two attached hydrogens (primary N) is 1. The molecule has 1 aliphatic heterocycles. The molecule has 1 aliphatic rings. The second kappa shape index (κ2) is 10.8. The van der Waals surface area contributed by atoms with Crippen LogP contribution in [0.1, 0.15) is 6.42 Å². The molecule has 0 amide bonds. The first kappa shape index (κ1) is 19.3. The maximum absolute atomic E-state index is 11.7. The lowest BCUT2D eigenvalue weighted by molar-refractivity contribution is 0.184. The zero-order chi connectivity index (χ0) is 7.40. The molecule has 0 radical (unpaired) electrons. The second-order valence-corrected chi connectivity index (χ2v) is 2.63. The third-order valence-electron chi connectivity index (χ3n) is 1.90. The quantitative estimate of drug-likeness (QED) is 0.739. The first-order chi connectivity index (χ1) is 4.86. The Morgan fingerprint density at radius 1 is 1.38 bits per heavy atom. The minimum atomic E-state index is -0.475. The molecule has 13 heavy (non-hydrogen) atoms. The fourth-order valence-electron chi connectivity index (χ4n) is 1.25. The molecule has 1 rings (SSSR count). The van der Waals surface area contributed by atoms with E-state index in [0.717, 1.165) is 19.5 Å². The molecule has 1 heterocycles. The van der Waals surface area contributed by atoms with Crippen LogP contribution in [0.4, 0.5) is 4.39 Å². The lowest BCUT2D eigenvalue weighted by Gasteiger charge is -2.13. The number of halogens is 4. The zero-order valence-electron chi connectivity index (χ0n) is 7.24. The van der Waals surface area contributed by atoms with Crippen molar-refractivity contribution in [3.63, 3.8) is 0 Å². The summed E-state index contributed by atoms with van der Waals surface area (Å²) in [6.07, 6.45) is 1.09. The number of nitrogens with zero attached hydrogens (tertiary/aromatic N) is 1. The topological polar surface area (TPSA) is 41.3 Å². The standard InChI is InChI=1S/C6H14FN3.3ClH/c7-5-9-10-2-1-6(3-8)4-10;;;/h6,9H,1-5,8H2;3*1H. The molecule has 1 fully saturated rings. The molecule has 0 aromatic heterocycles. The van der Waals surface area contributed by atoms with E-state index in [2.05, 4.69) is 5.43 Å². The second-order valence-electron chi connectivity index (χ2n) is 2.63. The van der Waals surface area contributed by atoms with Crippen molar-refractivity contribution in [1.82, 2.24) is 10.4 Å². The Bertz CT molecular complexity index is 109. The van der Waals surface area contributed by atoms with Gasteiger partial charge in [0.15, 0.2) is 6.80 Å². The highest BCUT2D eigenvalue weighted by atomic mass is 35.5. The number of hydrazine groups is 1. The van der Waals surface area contributed by atoms with Gasteiger partial charge in [-0.05, 0) is 18.9 Å². The van der Waals surface area contributed by atoms with Crippen LogP contribution in [0.3, 0.4) is 0 Å². The van der Waals surface area contributed by atoms with Crippen LogP contribution in [0.15, 0.2) is 0 Å². The van der Waals surface area contributed by atoms with Crippen LogP contribution < -0.4 is 11.2 Å². The molecule has 0 aromatic carbocycles. The summed E-state index contributed by atoms with van der Waals surface area (Å²) in [5.74, 6) is 0.555. The summed E-state index contributed by atoms with van der Waals surface area (Å²) >= 11 is 0. The minimum Gasteiger partial charge on any atom is -0.330 e. The van der Waals surface area contributed by atoms with Gasteiger partial charge in [0, 0.05) is 13.1 Å². The first-order valence-corrected chi connectivity index (χ1v) is 3.61. The van der Waals surface area contributed by atoms with Crippen molar-refractivity contribution >= 4 is 37.2 Å². The van der Waals surface area contributed by atoms with Gasteiger partial charge in [0.1, 0.15) is 0 Å². The summed E-state index contributed by atoms with van der Waals surface area (Å²) in [5, 5.41) is 1.89. The maximum atomic E-state index is 11.7. The van der Waals surface area contributed by atoms with Crippen LogP contribution in [0.5, 0.6) is 0 Å². The van der Waals surface area contributed by atoms with Crippen molar-refractivity contribution in [2.24, 2.45) is 11.7 Å². The van der Waals surface area contributed by atoms with Crippen LogP contribution in [0.25, 0.3) is 0 Å². The van der Waals surface area contributed by atoms with E-state index in [9.17, 15) is 4.39 Å². The van der Waals surface area contributed by atoms with Crippen molar-refractivity contribution in [3.05, 3.63) is 0 Å². The molecule has 1 atom stereocenters. The molecule has 1 saturated heterocycles. The van der Waals surface area contributed by atoms with E-state index < -0.39 is 6.80 Å².